The number of nitrogens with zero attached hydrogens (tertiary/aromatic N) is 2. The summed E-state index contributed by atoms with van der Waals surface area (Å²) in [4.78, 5) is 28.5. The molecular weight excluding hydrogens is 373 g/mol. The molecule has 0 saturated carbocycles. The fourth-order valence-corrected chi connectivity index (χ4v) is 2.61. The molecule has 0 fully saturated rings. The highest BCUT2D eigenvalue weighted by atomic mass is 35.5. The Morgan fingerprint density at radius 3 is 2.50 bits per heavy atom. The number of carbonyl (C=O) groups is 1. The smallest absolute Gasteiger partial charge is 0.343 e. The van der Waals surface area contributed by atoms with E-state index in [9.17, 15) is 22.8 Å². The van der Waals surface area contributed by atoms with E-state index in [1.165, 1.54) is 19.1 Å². The zero-order valence-corrected chi connectivity index (χ0v) is 14.0. The number of hydrogen-bond donors (Lipinski definition) is 0. The molecule has 9 heteroatoms. The molecule has 2 aromatic heterocycles. The average molecular weight is 383 g/mol. The van der Waals surface area contributed by atoms with E-state index in [1.54, 1.807) is 0 Å². The Labute approximate surface area is 149 Å². The monoisotopic (exact) mass is 382 g/mol. The van der Waals surface area contributed by atoms with Gasteiger partial charge in [0.1, 0.15) is 27.9 Å². The van der Waals surface area contributed by atoms with Gasteiger partial charge in [0.2, 0.25) is 5.43 Å². The second-order valence-corrected chi connectivity index (χ2v) is 5.57. The van der Waals surface area contributed by atoms with Gasteiger partial charge in [-0.25, -0.2) is 22.9 Å². The van der Waals surface area contributed by atoms with Gasteiger partial charge in [0, 0.05) is 18.3 Å². The van der Waals surface area contributed by atoms with Crippen molar-refractivity contribution in [1.82, 2.24) is 9.55 Å². The molecule has 2 heterocycles. The van der Waals surface area contributed by atoms with Crippen LogP contribution in [0.5, 0.6) is 0 Å². The molecule has 3 rings (SSSR count). The van der Waals surface area contributed by atoms with Crippen LogP contribution in [0.3, 0.4) is 0 Å². The fraction of sp³-hybridized carbons (Fsp3) is 0.118. The summed E-state index contributed by atoms with van der Waals surface area (Å²) in [5, 5.41) is -0.152. The van der Waals surface area contributed by atoms with Crippen molar-refractivity contribution in [1.29, 1.82) is 0 Å². The van der Waals surface area contributed by atoms with Crippen LogP contribution in [0.1, 0.15) is 17.3 Å². The van der Waals surface area contributed by atoms with Gasteiger partial charge >= 0.3 is 5.97 Å². The predicted octanol–water partition coefficient (Wildman–Crippen LogP) is 3.63. The molecule has 0 atom stereocenters. The number of carbonyl (C=O) groups excluding carboxylic acids is 1. The summed E-state index contributed by atoms with van der Waals surface area (Å²) < 4.78 is 47.4. The van der Waals surface area contributed by atoms with Crippen LogP contribution < -0.4 is 5.43 Å². The van der Waals surface area contributed by atoms with Crippen LogP contribution in [0.2, 0.25) is 5.15 Å². The molecule has 0 saturated heterocycles. The minimum atomic E-state index is -1.25. The molecule has 5 nitrogen and oxygen atoms in total. The SMILES string of the molecule is CCOC(=O)c1cn(-c2c(F)cc(F)cc2F)c2nc(Cl)ccc2c1=O. The number of aromatic nitrogens is 2. The van der Waals surface area contributed by atoms with Gasteiger partial charge in [-0.15, -0.1) is 0 Å². The highest BCUT2D eigenvalue weighted by Crippen LogP contribution is 2.24. The molecule has 134 valence electrons. The van der Waals surface area contributed by atoms with E-state index in [0.717, 1.165) is 10.8 Å². The van der Waals surface area contributed by atoms with Crippen molar-refractivity contribution in [2.24, 2.45) is 0 Å². The molecule has 1 aromatic carbocycles. The van der Waals surface area contributed by atoms with Gasteiger partial charge in [-0.2, -0.15) is 0 Å². The van der Waals surface area contributed by atoms with E-state index >= 15 is 0 Å². The quantitative estimate of drug-likeness (QED) is 0.512. The van der Waals surface area contributed by atoms with Gasteiger partial charge in [0.25, 0.3) is 0 Å². The van der Waals surface area contributed by atoms with E-state index in [0.29, 0.717) is 12.1 Å². The molecule has 0 bridgehead atoms. The van der Waals surface area contributed by atoms with Crippen LogP contribution in [-0.2, 0) is 4.74 Å². The summed E-state index contributed by atoms with van der Waals surface area (Å²) in [6.07, 6.45) is 0.894. The first-order valence-corrected chi connectivity index (χ1v) is 7.75. The summed E-state index contributed by atoms with van der Waals surface area (Å²) in [6, 6.07) is 3.50. The van der Waals surface area contributed by atoms with Crippen LogP contribution in [0.4, 0.5) is 13.2 Å². The number of ether oxygens (including phenoxy) is 1. The summed E-state index contributed by atoms with van der Waals surface area (Å²) in [5.41, 5.74) is -2.09. The summed E-state index contributed by atoms with van der Waals surface area (Å²) in [7, 11) is 0. The summed E-state index contributed by atoms with van der Waals surface area (Å²) >= 11 is 5.82. The molecule has 0 N–H and O–H groups in total. The van der Waals surface area contributed by atoms with Crippen molar-refractivity contribution in [2.45, 2.75) is 6.92 Å². The Balaban J connectivity index is 2.45. The van der Waals surface area contributed by atoms with Gasteiger partial charge in [-0.3, -0.25) is 9.36 Å². The standard InChI is InChI=1S/C17H10ClF3N2O3/c1-2-26-17(25)10-7-23(14-11(20)5-8(19)6-12(14)21)16-9(15(10)24)3-4-13(18)22-16/h3-7H,2H2,1H3. The van der Waals surface area contributed by atoms with Gasteiger partial charge in [0.15, 0.2) is 11.6 Å². The molecule has 0 radical (unpaired) electrons. The number of benzene rings is 1. The maximum atomic E-state index is 14.3. The van der Waals surface area contributed by atoms with Crippen molar-refractivity contribution >= 4 is 28.6 Å². The molecule has 26 heavy (non-hydrogen) atoms. The first-order valence-electron chi connectivity index (χ1n) is 7.37. The average Bonchev–Trinajstić information content (AvgIpc) is 2.56. The molecule has 0 aliphatic heterocycles. The van der Waals surface area contributed by atoms with Gasteiger partial charge in [0.05, 0.1) is 12.0 Å². The van der Waals surface area contributed by atoms with Crippen LogP contribution >= 0.6 is 11.6 Å². The van der Waals surface area contributed by atoms with Crippen LogP contribution in [0, 0.1) is 17.5 Å². The van der Waals surface area contributed by atoms with Gasteiger partial charge in [-0.05, 0) is 19.1 Å². The number of pyridine rings is 2. The second kappa shape index (κ2) is 6.80. The van der Waals surface area contributed by atoms with Crippen LogP contribution in [0.15, 0.2) is 35.3 Å². The minimum Gasteiger partial charge on any atom is -0.462 e. The van der Waals surface area contributed by atoms with Crippen molar-refractivity contribution in [3.05, 3.63) is 68.9 Å². The first-order chi connectivity index (χ1) is 12.3. The third-order valence-electron chi connectivity index (χ3n) is 3.53. The van der Waals surface area contributed by atoms with E-state index in [1.807, 2.05) is 0 Å². The minimum absolute atomic E-state index is 0.00551. The summed E-state index contributed by atoms with van der Waals surface area (Å²) in [6.45, 7) is 1.53. The zero-order chi connectivity index (χ0) is 19.0. The third kappa shape index (κ3) is 3.03. The molecule has 0 amide bonds. The number of hydrogen-bond acceptors (Lipinski definition) is 4. The topological polar surface area (TPSA) is 61.2 Å². The van der Waals surface area contributed by atoms with Crippen molar-refractivity contribution < 1.29 is 22.7 Å². The van der Waals surface area contributed by atoms with E-state index in [4.69, 9.17) is 16.3 Å². The lowest BCUT2D eigenvalue weighted by atomic mass is 10.1. The Kier molecular flexibility index (Phi) is 4.69. The molecule has 0 aliphatic carbocycles. The predicted molar refractivity (Wildman–Crippen MR) is 88.2 cm³/mol. The Bertz CT molecular complexity index is 1080. The van der Waals surface area contributed by atoms with Crippen molar-refractivity contribution in [2.75, 3.05) is 6.61 Å². The van der Waals surface area contributed by atoms with Gasteiger partial charge in [-0.1, -0.05) is 11.6 Å². The van der Waals surface area contributed by atoms with Crippen molar-refractivity contribution in [3.8, 4) is 5.69 Å². The van der Waals surface area contributed by atoms with E-state index in [2.05, 4.69) is 4.98 Å². The Morgan fingerprint density at radius 2 is 1.88 bits per heavy atom. The molecule has 0 aliphatic rings. The number of fused-ring (bicyclic) bond motifs is 1. The zero-order valence-electron chi connectivity index (χ0n) is 13.2. The Hall–Kier alpha value is -2.87. The molecule has 3 aromatic rings. The normalized spacial score (nSPS) is 11.0. The van der Waals surface area contributed by atoms with Crippen LogP contribution in [-0.4, -0.2) is 22.1 Å². The third-order valence-corrected chi connectivity index (χ3v) is 3.75. The van der Waals surface area contributed by atoms with Crippen molar-refractivity contribution in [3.63, 3.8) is 0 Å². The highest BCUT2D eigenvalue weighted by molar-refractivity contribution is 6.29. The van der Waals surface area contributed by atoms with E-state index in [-0.39, 0.29) is 22.8 Å². The number of esters is 1. The van der Waals surface area contributed by atoms with E-state index < -0.39 is 40.1 Å². The summed E-state index contributed by atoms with van der Waals surface area (Å²) in [5.74, 6) is -4.58. The fourth-order valence-electron chi connectivity index (χ4n) is 2.47. The maximum absolute atomic E-state index is 14.3. The first kappa shape index (κ1) is 17.9. The lowest BCUT2D eigenvalue weighted by molar-refractivity contribution is 0.0524. The largest absolute Gasteiger partial charge is 0.462 e. The molecular formula is C17H10ClF3N2O3. The molecule has 0 spiro atoms. The maximum Gasteiger partial charge on any atom is 0.343 e. The highest BCUT2D eigenvalue weighted by Gasteiger charge is 2.22. The Morgan fingerprint density at radius 1 is 1.23 bits per heavy atom. The lowest BCUT2D eigenvalue weighted by Gasteiger charge is -2.14. The second-order valence-electron chi connectivity index (χ2n) is 5.19. The lowest BCUT2D eigenvalue weighted by Crippen LogP contribution is -2.21. The molecule has 0 unspecified atom stereocenters. The number of rotatable bonds is 3. The van der Waals surface area contributed by atoms with Crippen LogP contribution in [0.25, 0.3) is 16.7 Å². The van der Waals surface area contributed by atoms with Gasteiger partial charge < -0.3 is 4.74 Å². The number of halogens is 4.